The van der Waals surface area contributed by atoms with Gasteiger partial charge in [0.15, 0.2) is 5.76 Å². The van der Waals surface area contributed by atoms with Crippen LogP contribution < -0.4 is 4.74 Å². The third-order valence-corrected chi connectivity index (χ3v) is 10.7. The topological polar surface area (TPSA) is 104 Å². The molecule has 1 spiro atoms. The number of thiophene rings is 1. The normalized spacial score (nSPS) is 27.3. The SMILES string of the molecule is CCN1[C@H]2C[C@H]2C[C@H]1[C@H](C)Oc1nccc(-c2onc3c2CCC[C@@]32CCCc3sc(/N=C/N(C)C)c(C#N)c32)n1. The largest absolute Gasteiger partial charge is 0.459 e. The summed E-state index contributed by atoms with van der Waals surface area (Å²) < 4.78 is 12.4. The van der Waals surface area contributed by atoms with Gasteiger partial charge in [0.25, 0.3) is 0 Å². The number of aryl methyl sites for hydroxylation is 1. The fourth-order valence-corrected chi connectivity index (χ4v) is 8.99. The van der Waals surface area contributed by atoms with Gasteiger partial charge in [-0.05, 0) is 82.4 Å². The second kappa shape index (κ2) is 10.2. The van der Waals surface area contributed by atoms with E-state index in [0.29, 0.717) is 29.1 Å². The lowest BCUT2D eigenvalue weighted by atomic mass is 9.62. The average molecular weight is 572 g/mol. The van der Waals surface area contributed by atoms with E-state index in [1.54, 1.807) is 23.9 Å². The summed E-state index contributed by atoms with van der Waals surface area (Å²) >= 11 is 1.65. The molecule has 4 aliphatic rings. The van der Waals surface area contributed by atoms with Gasteiger partial charge in [0.2, 0.25) is 0 Å². The molecule has 0 aromatic carbocycles. The highest BCUT2D eigenvalue weighted by Crippen LogP contribution is 2.55. The van der Waals surface area contributed by atoms with Crippen molar-refractivity contribution in [3.63, 3.8) is 0 Å². The van der Waals surface area contributed by atoms with Gasteiger partial charge in [-0.25, -0.2) is 9.98 Å². The predicted octanol–water partition coefficient (Wildman–Crippen LogP) is 5.49. The molecule has 2 fully saturated rings. The van der Waals surface area contributed by atoms with Crippen LogP contribution in [0.4, 0.5) is 5.00 Å². The van der Waals surface area contributed by atoms with Gasteiger partial charge in [-0.2, -0.15) is 10.2 Å². The molecule has 1 aliphatic heterocycles. The lowest BCUT2D eigenvalue weighted by molar-refractivity contribution is 0.0852. The summed E-state index contributed by atoms with van der Waals surface area (Å²) in [5.41, 5.74) is 4.26. The number of likely N-dealkylation sites (tertiary alicyclic amines) is 1. The minimum absolute atomic E-state index is 0.0120. The Morgan fingerprint density at radius 2 is 2.15 bits per heavy atom. The van der Waals surface area contributed by atoms with E-state index in [9.17, 15) is 5.26 Å². The first kappa shape index (κ1) is 26.6. The zero-order chi connectivity index (χ0) is 28.3. The molecular formula is C31H37N7O2S. The zero-order valence-electron chi connectivity index (χ0n) is 24.3. The number of nitrogens with zero attached hydrogens (tertiary/aromatic N) is 7. The quantitative estimate of drug-likeness (QED) is 0.271. The lowest BCUT2D eigenvalue weighted by Gasteiger charge is -2.39. The van der Waals surface area contributed by atoms with Crippen molar-refractivity contribution in [1.82, 2.24) is 24.9 Å². The first-order valence-electron chi connectivity index (χ1n) is 14.9. The van der Waals surface area contributed by atoms with Crippen LogP contribution in [0.1, 0.15) is 79.6 Å². The summed E-state index contributed by atoms with van der Waals surface area (Å²) in [4.78, 5) is 19.7. The minimum atomic E-state index is -0.329. The van der Waals surface area contributed by atoms with Gasteiger partial charge >= 0.3 is 6.01 Å². The summed E-state index contributed by atoms with van der Waals surface area (Å²) in [6, 6.07) is 5.91. The number of aliphatic imine (C=N–C) groups is 1. The van der Waals surface area contributed by atoms with Crippen molar-refractivity contribution >= 4 is 22.7 Å². The van der Waals surface area contributed by atoms with Crippen LogP contribution in [-0.4, -0.2) is 70.1 Å². The van der Waals surface area contributed by atoms with Crippen LogP contribution in [0.5, 0.6) is 6.01 Å². The van der Waals surface area contributed by atoms with E-state index in [4.69, 9.17) is 19.4 Å². The molecule has 4 heterocycles. The third-order valence-electron chi connectivity index (χ3n) is 9.58. The van der Waals surface area contributed by atoms with Crippen molar-refractivity contribution in [3.8, 4) is 23.5 Å². The molecule has 41 heavy (non-hydrogen) atoms. The van der Waals surface area contributed by atoms with E-state index in [1.807, 2.05) is 25.1 Å². The highest BCUT2D eigenvalue weighted by Gasteiger charge is 2.53. The van der Waals surface area contributed by atoms with Crippen molar-refractivity contribution < 1.29 is 9.26 Å². The molecule has 1 saturated carbocycles. The number of rotatable bonds is 7. The van der Waals surface area contributed by atoms with Crippen LogP contribution >= 0.6 is 11.3 Å². The van der Waals surface area contributed by atoms with E-state index in [2.05, 4.69) is 34.8 Å². The van der Waals surface area contributed by atoms with Crippen LogP contribution in [0, 0.1) is 17.2 Å². The fraction of sp³-hybridized carbons (Fsp3) is 0.581. The molecular weight excluding hydrogens is 534 g/mol. The molecule has 0 bridgehead atoms. The first-order valence-corrected chi connectivity index (χ1v) is 15.8. The number of aromatic nitrogens is 3. The minimum Gasteiger partial charge on any atom is -0.459 e. The molecule has 9 nitrogen and oxygen atoms in total. The van der Waals surface area contributed by atoms with Crippen molar-refractivity contribution in [3.05, 3.63) is 39.5 Å². The number of hydrogen-bond acceptors (Lipinski definition) is 9. The Morgan fingerprint density at radius 3 is 2.93 bits per heavy atom. The van der Waals surface area contributed by atoms with E-state index in [-0.39, 0.29) is 11.5 Å². The number of hydrogen-bond donors (Lipinski definition) is 0. The molecule has 3 aromatic heterocycles. The highest BCUT2D eigenvalue weighted by molar-refractivity contribution is 7.16. The van der Waals surface area contributed by atoms with E-state index in [1.165, 1.54) is 17.7 Å². The van der Waals surface area contributed by atoms with E-state index < -0.39 is 0 Å². The Morgan fingerprint density at radius 1 is 1.32 bits per heavy atom. The van der Waals surface area contributed by atoms with Crippen LogP contribution in [-0.2, 0) is 18.3 Å². The van der Waals surface area contributed by atoms with Gasteiger partial charge in [0, 0.05) is 48.2 Å². The number of nitriles is 1. The monoisotopic (exact) mass is 571 g/mol. The average Bonchev–Trinajstić information content (AvgIpc) is 3.30. The van der Waals surface area contributed by atoms with Crippen molar-refractivity contribution in [2.24, 2.45) is 10.9 Å². The molecule has 0 unspecified atom stereocenters. The number of likely N-dealkylation sites (N-methyl/N-ethyl adjacent to an activating group) is 1. The second-order valence-electron chi connectivity index (χ2n) is 12.3. The van der Waals surface area contributed by atoms with Crippen LogP contribution in [0.15, 0.2) is 21.8 Å². The maximum Gasteiger partial charge on any atom is 0.317 e. The summed E-state index contributed by atoms with van der Waals surface area (Å²) in [6.45, 7) is 5.43. The van der Waals surface area contributed by atoms with Crippen molar-refractivity contribution in [1.29, 1.82) is 5.26 Å². The van der Waals surface area contributed by atoms with Crippen LogP contribution in [0.3, 0.4) is 0 Å². The van der Waals surface area contributed by atoms with Crippen molar-refractivity contribution in [2.75, 3.05) is 20.6 Å². The lowest BCUT2D eigenvalue weighted by Crippen LogP contribution is -2.42. The second-order valence-corrected chi connectivity index (χ2v) is 13.4. The standard InChI is InChI=1S/C31H37N7O2S/c1-5-38-23(14-19-15-24(19)38)18(2)39-30-33-13-10-22(35-30)27-20-8-6-11-31(28(20)36-40-27)12-7-9-25-26(31)21(16-32)29(41-25)34-17-37(3)4/h10,13,17-19,23-24H,5-9,11-12,14-15H2,1-4H3/b34-17+/t18-,19+,23-,24-,31-/m0/s1. The Labute approximate surface area is 245 Å². The molecule has 214 valence electrons. The Hall–Kier alpha value is -3.29. The molecule has 1 saturated heterocycles. The maximum atomic E-state index is 10.3. The first-order chi connectivity index (χ1) is 19.9. The third kappa shape index (κ3) is 4.36. The van der Waals surface area contributed by atoms with Gasteiger partial charge in [-0.1, -0.05) is 12.1 Å². The molecule has 7 rings (SSSR count). The molecule has 3 aliphatic carbocycles. The van der Waals surface area contributed by atoms with Gasteiger partial charge in [-0.3, -0.25) is 4.90 Å². The van der Waals surface area contributed by atoms with Crippen LogP contribution in [0.2, 0.25) is 0 Å². The molecule has 10 heteroatoms. The Kier molecular flexibility index (Phi) is 6.62. The zero-order valence-corrected chi connectivity index (χ0v) is 25.1. The van der Waals surface area contributed by atoms with E-state index in [0.717, 1.165) is 78.9 Å². The van der Waals surface area contributed by atoms with E-state index >= 15 is 0 Å². The smallest absolute Gasteiger partial charge is 0.317 e. The highest BCUT2D eigenvalue weighted by atomic mass is 32.1. The molecule has 0 radical (unpaired) electrons. The fourth-order valence-electron chi connectivity index (χ4n) is 7.76. The van der Waals surface area contributed by atoms with Crippen LogP contribution in [0.25, 0.3) is 11.5 Å². The Balaban J connectivity index is 1.21. The summed E-state index contributed by atoms with van der Waals surface area (Å²) in [5, 5.41) is 15.8. The van der Waals surface area contributed by atoms with Gasteiger partial charge in [0.05, 0.1) is 17.6 Å². The Bertz CT molecular complexity index is 1530. The number of fused-ring (bicyclic) bond motifs is 5. The molecule has 0 N–H and O–H groups in total. The van der Waals surface area contributed by atoms with Gasteiger partial charge < -0.3 is 14.2 Å². The summed E-state index contributed by atoms with van der Waals surface area (Å²) in [5.74, 6) is 1.52. The predicted molar refractivity (Wildman–Crippen MR) is 158 cm³/mol. The summed E-state index contributed by atoms with van der Waals surface area (Å²) in [6.07, 6.45) is 11.9. The molecule has 5 atom stereocenters. The summed E-state index contributed by atoms with van der Waals surface area (Å²) in [7, 11) is 3.88. The number of piperidine rings is 1. The van der Waals surface area contributed by atoms with Gasteiger partial charge in [-0.15, -0.1) is 11.3 Å². The number of ether oxygens (including phenoxy) is 1. The maximum absolute atomic E-state index is 10.3. The van der Waals surface area contributed by atoms with Crippen molar-refractivity contribution in [2.45, 2.75) is 88.8 Å². The van der Waals surface area contributed by atoms with Gasteiger partial charge in [0.1, 0.15) is 22.9 Å². The molecule has 0 amide bonds. The molecule has 3 aromatic rings.